The Morgan fingerprint density at radius 2 is 2.19 bits per heavy atom. The Hall–Kier alpha value is -1.32. The molecule has 3 nitrogen and oxygen atoms in total. The number of aliphatic hydroxyl groups excluding tert-OH is 1. The third-order valence-corrected chi connectivity index (χ3v) is 2.49. The summed E-state index contributed by atoms with van der Waals surface area (Å²) in [6.07, 6.45) is 1.83. The monoisotopic (exact) mass is 220 g/mol. The average Bonchev–Trinajstić information content (AvgIpc) is 2.29. The topological polar surface area (TPSA) is 49.5 Å². The quantitative estimate of drug-likeness (QED) is 0.717. The molecule has 0 spiro atoms. The van der Waals surface area contributed by atoms with Gasteiger partial charge in [0.15, 0.2) is 0 Å². The molecule has 3 heteroatoms. The molecule has 1 aromatic carbocycles. The van der Waals surface area contributed by atoms with Crippen LogP contribution in [-0.4, -0.2) is 24.8 Å². The number of hydrogen-bond donors (Lipinski definition) is 2. The molecular weight excluding hydrogens is 200 g/mol. The Labute approximate surface area is 97.2 Å². The average molecular weight is 220 g/mol. The first-order chi connectivity index (χ1) is 7.70. The second-order valence-corrected chi connectivity index (χ2v) is 3.81. The molecule has 0 aliphatic carbocycles. The lowest BCUT2D eigenvalue weighted by Crippen LogP contribution is -2.28. The van der Waals surface area contributed by atoms with Crippen LogP contribution < -0.4 is 10.6 Å². The van der Waals surface area contributed by atoms with E-state index in [4.69, 9.17) is 10.8 Å². The van der Waals surface area contributed by atoms with E-state index in [0.29, 0.717) is 13.1 Å². The van der Waals surface area contributed by atoms with Crippen LogP contribution in [-0.2, 0) is 0 Å². The summed E-state index contributed by atoms with van der Waals surface area (Å²) in [7, 11) is 0. The molecule has 1 atom stereocenters. The van der Waals surface area contributed by atoms with Crippen molar-refractivity contribution in [1.82, 2.24) is 0 Å². The van der Waals surface area contributed by atoms with Gasteiger partial charge in [-0.25, -0.2) is 0 Å². The molecule has 88 valence electrons. The summed E-state index contributed by atoms with van der Waals surface area (Å²) in [4.78, 5) is 2.08. The predicted molar refractivity (Wildman–Crippen MR) is 68.5 cm³/mol. The number of nitrogens with two attached hydrogens (primary N) is 1. The standard InChI is InChI=1S/C13H20N2O/c1-3-8-15(9-10-16)13-7-5-4-6-12(13)11(2)14/h3-7,11,16H,1,8-10,14H2,2H3/t11-/m0/s1. The largest absolute Gasteiger partial charge is 0.395 e. The highest BCUT2D eigenvalue weighted by molar-refractivity contribution is 5.55. The summed E-state index contributed by atoms with van der Waals surface area (Å²) in [5, 5.41) is 9.05. The third-order valence-electron chi connectivity index (χ3n) is 2.49. The first-order valence-electron chi connectivity index (χ1n) is 5.52. The van der Waals surface area contributed by atoms with Crippen LogP contribution in [0.5, 0.6) is 0 Å². The lowest BCUT2D eigenvalue weighted by Gasteiger charge is -2.26. The van der Waals surface area contributed by atoms with E-state index in [2.05, 4.69) is 11.5 Å². The van der Waals surface area contributed by atoms with Gasteiger partial charge in [-0.1, -0.05) is 24.3 Å². The summed E-state index contributed by atoms with van der Waals surface area (Å²) in [6, 6.07) is 8.00. The van der Waals surface area contributed by atoms with E-state index >= 15 is 0 Å². The maximum Gasteiger partial charge on any atom is 0.0606 e. The van der Waals surface area contributed by atoms with Gasteiger partial charge >= 0.3 is 0 Å². The minimum absolute atomic E-state index is 0.0118. The molecule has 0 amide bonds. The molecule has 0 unspecified atom stereocenters. The summed E-state index contributed by atoms with van der Waals surface area (Å²) in [6.45, 7) is 7.12. The molecule has 0 saturated carbocycles. The summed E-state index contributed by atoms with van der Waals surface area (Å²) < 4.78 is 0. The van der Waals surface area contributed by atoms with Crippen molar-refractivity contribution in [2.24, 2.45) is 5.73 Å². The number of para-hydroxylation sites is 1. The van der Waals surface area contributed by atoms with Crippen molar-refractivity contribution < 1.29 is 5.11 Å². The number of rotatable bonds is 6. The number of benzene rings is 1. The fourth-order valence-electron chi connectivity index (χ4n) is 1.75. The van der Waals surface area contributed by atoms with E-state index in [0.717, 1.165) is 11.3 Å². The first-order valence-corrected chi connectivity index (χ1v) is 5.52. The highest BCUT2D eigenvalue weighted by Crippen LogP contribution is 2.24. The molecule has 0 saturated heterocycles. The molecule has 0 aromatic heterocycles. The van der Waals surface area contributed by atoms with Crippen molar-refractivity contribution in [3.05, 3.63) is 42.5 Å². The first kappa shape index (κ1) is 12.7. The van der Waals surface area contributed by atoms with Gasteiger partial charge in [-0.2, -0.15) is 0 Å². The van der Waals surface area contributed by atoms with Crippen LogP contribution in [0.4, 0.5) is 5.69 Å². The van der Waals surface area contributed by atoms with Gasteiger partial charge in [0.05, 0.1) is 6.61 Å². The molecule has 16 heavy (non-hydrogen) atoms. The molecule has 0 fully saturated rings. The van der Waals surface area contributed by atoms with Gasteiger partial charge < -0.3 is 15.7 Å². The van der Waals surface area contributed by atoms with Crippen molar-refractivity contribution in [3.8, 4) is 0 Å². The molecular formula is C13H20N2O. The molecule has 0 aliphatic rings. The number of hydrogen-bond acceptors (Lipinski definition) is 3. The summed E-state index contributed by atoms with van der Waals surface area (Å²) >= 11 is 0. The minimum Gasteiger partial charge on any atom is -0.395 e. The van der Waals surface area contributed by atoms with Crippen LogP contribution in [0.2, 0.25) is 0 Å². The highest BCUT2D eigenvalue weighted by atomic mass is 16.3. The number of aliphatic hydroxyl groups is 1. The SMILES string of the molecule is C=CCN(CCO)c1ccccc1[C@H](C)N. The Balaban J connectivity index is 3.01. The molecule has 3 N–H and O–H groups in total. The normalized spacial score (nSPS) is 12.2. The zero-order valence-electron chi connectivity index (χ0n) is 9.76. The molecule has 0 heterocycles. The van der Waals surface area contributed by atoms with Crippen LogP contribution >= 0.6 is 0 Å². The van der Waals surface area contributed by atoms with Gasteiger partial charge in [0.25, 0.3) is 0 Å². The lowest BCUT2D eigenvalue weighted by atomic mass is 10.1. The number of anilines is 1. The smallest absolute Gasteiger partial charge is 0.0606 e. The Bertz CT molecular complexity index is 336. The van der Waals surface area contributed by atoms with E-state index in [1.165, 1.54) is 0 Å². The van der Waals surface area contributed by atoms with Crippen molar-refractivity contribution in [1.29, 1.82) is 0 Å². The Kier molecular flexibility index (Phi) is 5.02. The van der Waals surface area contributed by atoms with E-state index in [-0.39, 0.29) is 12.6 Å². The summed E-state index contributed by atoms with van der Waals surface area (Å²) in [5.41, 5.74) is 8.10. The van der Waals surface area contributed by atoms with E-state index in [9.17, 15) is 0 Å². The molecule has 1 rings (SSSR count). The maximum absolute atomic E-state index is 9.05. The van der Waals surface area contributed by atoms with Gasteiger partial charge in [0, 0.05) is 24.8 Å². The Morgan fingerprint density at radius 3 is 2.75 bits per heavy atom. The minimum atomic E-state index is -0.0118. The van der Waals surface area contributed by atoms with Crippen molar-refractivity contribution >= 4 is 5.69 Å². The van der Waals surface area contributed by atoms with Gasteiger partial charge in [-0.05, 0) is 18.6 Å². The van der Waals surface area contributed by atoms with Gasteiger partial charge in [0.2, 0.25) is 0 Å². The second-order valence-electron chi connectivity index (χ2n) is 3.81. The van der Waals surface area contributed by atoms with Crippen LogP contribution in [0.1, 0.15) is 18.5 Å². The van der Waals surface area contributed by atoms with Gasteiger partial charge in [-0.3, -0.25) is 0 Å². The van der Waals surface area contributed by atoms with Crippen molar-refractivity contribution in [2.45, 2.75) is 13.0 Å². The third kappa shape index (κ3) is 3.08. The van der Waals surface area contributed by atoms with Crippen LogP contribution in [0.3, 0.4) is 0 Å². The van der Waals surface area contributed by atoms with Crippen LogP contribution in [0.25, 0.3) is 0 Å². The highest BCUT2D eigenvalue weighted by Gasteiger charge is 2.11. The predicted octanol–water partition coefficient (Wildman–Crippen LogP) is 1.69. The fourth-order valence-corrected chi connectivity index (χ4v) is 1.75. The van der Waals surface area contributed by atoms with Crippen LogP contribution in [0.15, 0.2) is 36.9 Å². The maximum atomic E-state index is 9.05. The van der Waals surface area contributed by atoms with E-state index < -0.39 is 0 Å². The summed E-state index contributed by atoms with van der Waals surface area (Å²) in [5.74, 6) is 0. The second kappa shape index (κ2) is 6.30. The number of nitrogens with zero attached hydrogens (tertiary/aromatic N) is 1. The Morgan fingerprint density at radius 1 is 1.50 bits per heavy atom. The van der Waals surface area contributed by atoms with E-state index in [1.54, 1.807) is 0 Å². The zero-order valence-corrected chi connectivity index (χ0v) is 9.76. The fraction of sp³-hybridized carbons (Fsp3) is 0.385. The molecule has 0 bridgehead atoms. The van der Waals surface area contributed by atoms with Crippen molar-refractivity contribution in [2.75, 3.05) is 24.6 Å². The van der Waals surface area contributed by atoms with Crippen LogP contribution in [0, 0.1) is 0 Å². The van der Waals surface area contributed by atoms with Gasteiger partial charge in [0.1, 0.15) is 0 Å². The molecule has 1 aromatic rings. The van der Waals surface area contributed by atoms with Gasteiger partial charge in [-0.15, -0.1) is 6.58 Å². The van der Waals surface area contributed by atoms with Crippen molar-refractivity contribution in [3.63, 3.8) is 0 Å². The molecule has 0 radical (unpaired) electrons. The zero-order chi connectivity index (χ0) is 12.0. The van der Waals surface area contributed by atoms with E-state index in [1.807, 2.05) is 37.3 Å². The molecule has 0 aliphatic heterocycles. The lowest BCUT2D eigenvalue weighted by molar-refractivity contribution is 0.303.